The minimum Gasteiger partial charge on any atom is -0.545 e. The van der Waals surface area contributed by atoms with Crippen molar-refractivity contribution in [2.45, 2.75) is 51.5 Å². The molecule has 0 bridgehead atoms. The SMILES string of the molecule is CC(C)(C)OC(=O)N1Cc2ccccc2CC1C(O)CNC(=O)c1ccc(C(=O)[O-])cc1.[Li+]. The van der Waals surface area contributed by atoms with E-state index in [1.165, 1.54) is 29.2 Å². The molecule has 33 heavy (non-hydrogen) atoms. The first-order valence-electron chi connectivity index (χ1n) is 10.4. The topological polar surface area (TPSA) is 119 Å². The Balaban J connectivity index is 0.00000385. The second-order valence-electron chi connectivity index (χ2n) is 8.79. The second-order valence-corrected chi connectivity index (χ2v) is 8.79. The van der Waals surface area contributed by atoms with Crippen LogP contribution in [0.25, 0.3) is 0 Å². The van der Waals surface area contributed by atoms with Crippen LogP contribution >= 0.6 is 0 Å². The van der Waals surface area contributed by atoms with Gasteiger partial charge in [0.25, 0.3) is 5.91 Å². The van der Waals surface area contributed by atoms with Crippen LogP contribution in [0.5, 0.6) is 0 Å². The Morgan fingerprint density at radius 3 is 2.24 bits per heavy atom. The standard InChI is InChI=1S/C24H28N2O6.Li/c1-24(2,3)32-23(31)26-14-18-7-5-4-6-17(18)12-19(26)20(27)13-25-21(28)15-8-10-16(11-9-15)22(29)30;/h4-11,19-20,27H,12-14H2,1-3H3,(H,25,28)(H,29,30);/q;+1/p-1. The fourth-order valence-electron chi connectivity index (χ4n) is 3.60. The summed E-state index contributed by atoms with van der Waals surface area (Å²) in [4.78, 5) is 37.6. The minimum absolute atomic E-state index is 0. The molecule has 0 aliphatic carbocycles. The van der Waals surface area contributed by atoms with Crippen LogP contribution < -0.4 is 29.3 Å². The Kier molecular flexibility index (Phi) is 8.73. The van der Waals surface area contributed by atoms with Crippen LogP contribution in [0.4, 0.5) is 4.79 Å². The van der Waals surface area contributed by atoms with Crippen LogP contribution in [-0.4, -0.2) is 52.3 Å². The number of ether oxygens (including phenoxy) is 1. The van der Waals surface area contributed by atoms with Gasteiger partial charge in [-0.25, -0.2) is 4.79 Å². The van der Waals surface area contributed by atoms with Crippen molar-refractivity contribution in [3.05, 3.63) is 70.8 Å². The number of fused-ring (bicyclic) bond motifs is 1. The van der Waals surface area contributed by atoms with Crippen molar-refractivity contribution < 1.29 is 48.2 Å². The fraction of sp³-hybridized carbons (Fsp3) is 0.375. The maximum Gasteiger partial charge on any atom is 1.00 e. The normalized spacial score (nSPS) is 16.1. The van der Waals surface area contributed by atoms with E-state index >= 15 is 0 Å². The number of nitrogens with zero attached hydrogens (tertiary/aromatic N) is 1. The van der Waals surface area contributed by atoms with Gasteiger partial charge in [-0.3, -0.25) is 9.69 Å². The molecule has 2 unspecified atom stereocenters. The van der Waals surface area contributed by atoms with Crippen molar-refractivity contribution >= 4 is 18.0 Å². The van der Waals surface area contributed by atoms with Crippen molar-refractivity contribution in [2.24, 2.45) is 0 Å². The molecule has 0 aromatic heterocycles. The number of aliphatic hydroxyl groups excluding tert-OH is 1. The van der Waals surface area contributed by atoms with Gasteiger partial charge in [0.1, 0.15) is 5.60 Å². The molecule has 2 N–H and O–H groups in total. The number of nitrogens with one attached hydrogen (secondary N) is 1. The van der Waals surface area contributed by atoms with Crippen molar-refractivity contribution in [2.75, 3.05) is 6.54 Å². The largest absolute Gasteiger partial charge is 1.00 e. The molecule has 9 heteroatoms. The zero-order chi connectivity index (χ0) is 23.5. The number of carboxylic acid groups (broad SMARTS) is 1. The number of carbonyl (C=O) groups excluding carboxylic acids is 3. The maximum absolute atomic E-state index is 12.8. The molecule has 3 rings (SSSR count). The summed E-state index contributed by atoms with van der Waals surface area (Å²) in [5.41, 5.74) is 1.55. The number of benzene rings is 2. The van der Waals surface area contributed by atoms with E-state index in [1.807, 2.05) is 24.3 Å². The molecule has 0 fully saturated rings. The minimum atomic E-state index is -1.33. The number of hydrogen-bond acceptors (Lipinski definition) is 6. The van der Waals surface area contributed by atoms with Crippen LogP contribution in [0.3, 0.4) is 0 Å². The van der Waals surface area contributed by atoms with Crippen molar-refractivity contribution in [1.29, 1.82) is 0 Å². The second kappa shape index (κ2) is 10.9. The smallest absolute Gasteiger partial charge is 0.545 e. The zero-order valence-corrected chi connectivity index (χ0v) is 19.3. The Labute approximate surface area is 205 Å². The fourth-order valence-corrected chi connectivity index (χ4v) is 3.60. The van der Waals surface area contributed by atoms with Crippen LogP contribution in [0.1, 0.15) is 52.6 Å². The average molecular weight is 446 g/mol. The van der Waals surface area contributed by atoms with E-state index in [1.54, 1.807) is 20.8 Å². The van der Waals surface area contributed by atoms with E-state index in [-0.39, 0.29) is 36.5 Å². The molecule has 2 aromatic carbocycles. The molecule has 8 nitrogen and oxygen atoms in total. The van der Waals surface area contributed by atoms with Gasteiger partial charge in [0.15, 0.2) is 0 Å². The molecule has 1 heterocycles. The van der Waals surface area contributed by atoms with Crippen LogP contribution in [0, 0.1) is 0 Å². The maximum atomic E-state index is 12.8. The van der Waals surface area contributed by atoms with Gasteiger partial charge in [0, 0.05) is 18.7 Å². The van der Waals surface area contributed by atoms with Gasteiger partial charge in [0.05, 0.1) is 18.1 Å². The molecular weight excluding hydrogens is 419 g/mol. The van der Waals surface area contributed by atoms with Gasteiger partial charge in [-0.05, 0) is 56.0 Å². The molecule has 0 saturated carbocycles. The first kappa shape index (κ1) is 26.5. The molecule has 0 spiro atoms. The molecule has 0 saturated heterocycles. The van der Waals surface area contributed by atoms with Gasteiger partial charge in [-0.15, -0.1) is 0 Å². The van der Waals surface area contributed by atoms with Gasteiger partial charge < -0.3 is 25.1 Å². The summed E-state index contributed by atoms with van der Waals surface area (Å²) in [6.07, 6.45) is -1.14. The van der Waals surface area contributed by atoms with Crippen LogP contribution in [0.2, 0.25) is 0 Å². The van der Waals surface area contributed by atoms with Gasteiger partial charge >= 0.3 is 25.0 Å². The number of carbonyl (C=O) groups is 3. The van der Waals surface area contributed by atoms with E-state index < -0.39 is 35.7 Å². The summed E-state index contributed by atoms with van der Waals surface area (Å²) in [5.74, 6) is -1.79. The Hall–Kier alpha value is -2.79. The summed E-state index contributed by atoms with van der Waals surface area (Å²) >= 11 is 0. The third-order valence-electron chi connectivity index (χ3n) is 5.22. The Bertz CT molecular complexity index is 1000. The van der Waals surface area contributed by atoms with Crippen LogP contribution in [-0.2, 0) is 17.7 Å². The number of hydrogen-bond donors (Lipinski definition) is 2. The molecular formula is C24H27LiN2O6. The monoisotopic (exact) mass is 446 g/mol. The third kappa shape index (κ3) is 6.84. The quantitative estimate of drug-likeness (QED) is 0.540. The van der Waals surface area contributed by atoms with Crippen molar-refractivity contribution in [3.8, 4) is 0 Å². The van der Waals surface area contributed by atoms with E-state index in [9.17, 15) is 24.6 Å². The van der Waals surface area contributed by atoms with Gasteiger partial charge in [-0.1, -0.05) is 36.4 Å². The van der Waals surface area contributed by atoms with Gasteiger partial charge in [0.2, 0.25) is 0 Å². The molecule has 2 aromatic rings. The Morgan fingerprint density at radius 2 is 1.67 bits per heavy atom. The first-order chi connectivity index (χ1) is 15.0. The predicted octanol–water partition coefficient (Wildman–Crippen LogP) is -1.49. The van der Waals surface area contributed by atoms with Crippen LogP contribution in [0.15, 0.2) is 48.5 Å². The average Bonchev–Trinajstić information content (AvgIpc) is 2.75. The number of rotatable bonds is 5. The number of aliphatic hydroxyl groups is 1. The van der Waals surface area contributed by atoms with Crippen molar-refractivity contribution in [1.82, 2.24) is 10.2 Å². The molecule has 1 aliphatic heterocycles. The summed E-state index contributed by atoms with van der Waals surface area (Å²) in [7, 11) is 0. The summed E-state index contributed by atoms with van der Waals surface area (Å²) in [6, 6.07) is 12.4. The van der Waals surface area contributed by atoms with E-state index in [0.717, 1.165) is 11.1 Å². The van der Waals surface area contributed by atoms with Crippen molar-refractivity contribution in [3.63, 3.8) is 0 Å². The van der Waals surface area contributed by atoms with E-state index in [2.05, 4.69) is 5.32 Å². The molecule has 2 atom stereocenters. The Morgan fingerprint density at radius 1 is 1.09 bits per heavy atom. The zero-order valence-electron chi connectivity index (χ0n) is 19.3. The van der Waals surface area contributed by atoms with E-state index in [4.69, 9.17) is 4.74 Å². The van der Waals surface area contributed by atoms with E-state index in [0.29, 0.717) is 13.0 Å². The number of aromatic carboxylic acids is 1. The molecule has 2 amide bonds. The molecule has 0 radical (unpaired) electrons. The molecule has 1 aliphatic rings. The predicted molar refractivity (Wildman–Crippen MR) is 115 cm³/mol. The summed E-state index contributed by atoms with van der Waals surface area (Å²) in [5, 5.41) is 24.4. The third-order valence-corrected chi connectivity index (χ3v) is 5.22. The molecule has 170 valence electrons. The first-order valence-corrected chi connectivity index (χ1v) is 10.4. The number of amides is 2. The number of carboxylic acids is 1. The summed E-state index contributed by atoms with van der Waals surface area (Å²) < 4.78 is 5.53. The van der Waals surface area contributed by atoms with Gasteiger partial charge in [-0.2, -0.15) is 0 Å². The summed E-state index contributed by atoms with van der Waals surface area (Å²) in [6.45, 7) is 5.54.